The van der Waals surface area contributed by atoms with Crippen molar-refractivity contribution in [2.24, 2.45) is 19.1 Å². The third-order valence-electron chi connectivity index (χ3n) is 3.71. The topological polar surface area (TPSA) is 114 Å². The number of hydrogen-bond acceptors (Lipinski definition) is 5. The Kier molecular flexibility index (Phi) is 4.72. The van der Waals surface area contributed by atoms with Gasteiger partial charge in [0.15, 0.2) is 16.8 Å². The van der Waals surface area contributed by atoms with E-state index in [1.807, 2.05) is 0 Å². The van der Waals surface area contributed by atoms with Gasteiger partial charge in [0.2, 0.25) is 0 Å². The number of nitrogens with zero attached hydrogens (tertiary/aromatic N) is 5. The predicted molar refractivity (Wildman–Crippen MR) is 96.8 cm³/mol. The average molecular weight is 374 g/mol. The van der Waals surface area contributed by atoms with Gasteiger partial charge >= 0.3 is 5.97 Å². The quantitative estimate of drug-likeness (QED) is 0.413. The van der Waals surface area contributed by atoms with Crippen LogP contribution in [-0.2, 0) is 18.8 Å². The number of imidazole rings is 1. The molecule has 0 fully saturated rings. The van der Waals surface area contributed by atoms with Gasteiger partial charge in [-0.25, -0.2) is 14.8 Å². The minimum Gasteiger partial charge on any atom is -0.465 e. The summed E-state index contributed by atoms with van der Waals surface area (Å²) in [4.78, 5) is 23.3. The number of methoxy groups -OCH3 is 1. The highest BCUT2D eigenvalue weighted by Gasteiger charge is 2.24. The van der Waals surface area contributed by atoms with Crippen molar-refractivity contribution < 1.29 is 9.53 Å². The summed E-state index contributed by atoms with van der Waals surface area (Å²) in [6.07, 6.45) is 6.61. The van der Waals surface area contributed by atoms with Crippen LogP contribution >= 0.6 is 11.6 Å². The molecule has 0 saturated heterocycles. The monoisotopic (exact) mass is 373 g/mol. The van der Waals surface area contributed by atoms with Crippen LogP contribution in [0.2, 0.25) is 0 Å². The first-order valence-corrected chi connectivity index (χ1v) is 7.90. The zero-order valence-corrected chi connectivity index (χ0v) is 15.1. The number of nitrogens with one attached hydrogen (secondary N) is 2. The van der Waals surface area contributed by atoms with Gasteiger partial charge in [-0.1, -0.05) is 11.6 Å². The minimum atomic E-state index is -0.584. The van der Waals surface area contributed by atoms with E-state index in [-0.39, 0.29) is 22.3 Å². The van der Waals surface area contributed by atoms with Gasteiger partial charge in [0, 0.05) is 44.4 Å². The maximum Gasteiger partial charge on any atom is 0.340 e. The number of amidine groups is 1. The number of esters is 1. The summed E-state index contributed by atoms with van der Waals surface area (Å²) in [5.41, 5.74) is 1.56. The van der Waals surface area contributed by atoms with Gasteiger partial charge in [0.1, 0.15) is 0 Å². The molecule has 0 saturated carbocycles. The normalized spacial score (nSPS) is 11.6. The van der Waals surface area contributed by atoms with Crippen LogP contribution in [-0.4, -0.2) is 48.4 Å². The first-order valence-electron chi connectivity index (χ1n) is 7.53. The summed E-state index contributed by atoms with van der Waals surface area (Å²) in [5.74, 6) is -0.370. The van der Waals surface area contributed by atoms with Crippen molar-refractivity contribution in [2.75, 3.05) is 7.11 Å². The molecule has 10 heteroatoms. The molecule has 134 valence electrons. The zero-order valence-electron chi connectivity index (χ0n) is 14.3. The number of carbonyl (C=O) groups excluding carboxylic acids is 1. The molecular weight excluding hydrogens is 358 g/mol. The molecule has 2 N–H and O–H groups in total. The van der Waals surface area contributed by atoms with Crippen LogP contribution in [0.3, 0.4) is 0 Å². The molecule has 0 atom stereocenters. The van der Waals surface area contributed by atoms with Crippen molar-refractivity contribution in [3.63, 3.8) is 0 Å². The molecule has 0 bridgehead atoms. The van der Waals surface area contributed by atoms with E-state index >= 15 is 0 Å². The van der Waals surface area contributed by atoms with Crippen molar-refractivity contribution in [1.82, 2.24) is 24.3 Å². The van der Waals surface area contributed by atoms with Crippen molar-refractivity contribution >= 4 is 28.6 Å². The summed E-state index contributed by atoms with van der Waals surface area (Å²) in [6.45, 7) is 0. The predicted octanol–water partition coefficient (Wildman–Crippen LogP) is 1.95. The summed E-state index contributed by atoms with van der Waals surface area (Å²) in [6, 6.07) is 1.76. The molecule has 3 aromatic rings. The Morgan fingerprint density at radius 2 is 2.15 bits per heavy atom. The highest BCUT2D eigenvalue weighted by molar-refractivity contribution is 6.70. The minimum absolute atomic E-state index is 0.0550. The van der Waals surface area contributed by atoms with Gasteiger partial charge in [-0.3, -0.25) is 10.1 Å². The Hall–Kier alpha value is -3.20. The molecule has 3 rings (SSSR count). The Labute approximate surface area is 153 Å². The zero-order chi connectivity index (χ0) is 18.8. The fraction of sp³-hybridized carbons (Fsp3) is 0.188. The largest absolute Gasteiger partial charge is 0.465 e. The lowest BCUT2D eigenvalue weighted by Gasteiger charge is -2.04. The van der Waals surface area contributed by atoms with Crippen molar-refractivity contribution in [3.05, 3.63) is 47.9 Å². The van der Waals surface area contributed by atoms with Crippen LogP contribution in [0.4, 0.5) is 0 Å². The Morgan fingerprint density at radius 3 is 2.73 bits per heavy atom. The van der Waals surface area contributed by atoms with E-state index in [0.717, 1.165) is 0 Å². The average Bonchev–Trinajstić information content (AvgIpc) is 3.32. The Morgan fingerprint density at radius 1 is 1.38 bits per heavy atom. The van der Waals surface area contributed by atoms with Gasteiger partial charge in [-0.2, -0.15) is 5.10 Å². The number of ether oxygens (including phenoxy) is 1. The van der Waals surface area contributed by atoms with Crippen LogP contribution < -0.4 is 0 Å². The Balaban J connectivity index is 2.05. The molecule has 0 spiro atoms. The molecular formula is C16H16ClN7O2. The number of aliphatic imine (C=N–C) groups is 1. The summed E-state index contributed by atoms with van der Waals surface area (Å²) < 4.78 is 8.14. The molecule has 0 radical (unpaired) electrons. The van der Waals surface area contributed by atoms with E-state index in [4.69, 9.17) is 21.7 Å². The first kappa shape index (κ1) is 17.6. The molecule has 0 aliphatic heterocycles. The van der Waals surface area contributed by atoms with Gasteiger partial charge in [-0.15, -0.1) is 0 Å². The molecule has 26 heavy (non-hydrogen) atoms. The fourth-order valence-corrected chi connectivity index (χ4v) is 2.69. The third-order valence-corrected chi connectivity index (χ3v) is 3.98. The summed E-state index contributed by atoms with van der Waals surface area (Å²) in [7, 11) is 4.80. The number of aromatic amines is 1. The molecule has 0 aliphatic rings. The number of carbonyl (C=O) groups is 1. The van der Waals surface area contributed by atoms with Gasteiger partial charge in [0.25, 0.3) is 0 Å². The maximum atomic E-state index is 12.3. The van der Waals surface area contributed by atoms with E-state index in [9.17, 15) is 4.79 Å². The van der Waals surface area contributed by atoms with Crippen LogP contribution in [0.25, 0.3) is 11.3 Å². The number of halogens is 1. The van der Waals surface area contributed by atoms with Crippen molar-refractivity contribution in [3.8, 4) is 11.3 Å². The van der Waals surface area contributed by atoms with E-state index in [0.29, 0.717) is 17.1 Å². The van der Waals surface area contributed by atoms with Gasteiger partial charge in [-0.05, 0) is 6.07 Å². The molecule has 0 aromatic carbocycles. The molecule has 9 nitrogen and oxygen atoms in total. The number of aromatic nitrogens is 5. The summed E-state index contributed by atoms with van der Waals surface area (Å²) >= 11 is 6.29. The molecule has 0 aliphatic carbocycles. The lowest BCUT2D eigenvalue weighted by molar-refractivity contribution is 0.0601. The van der Waals surface area contributed by atoms with Crippen molar-refractivity contribution in [2.45, 2.75) is 0 Å². The smallest absolute Gasteiger partial charge is 0.340 e. The van der Waals surface area contributed by atoms with Gasteiger partial charge < -0.3 is 14.3 Å². The maximum absolute atomic E-state index is 12.3. The lowest BCUT2D eigenvalue weighted by atomic mass is 10.1. The number of rotatable bonds is 4. The second-order valence-corrected chi connectivity index (χ2v) is 5.79. The number of H-pyrrole nitrogens is 1. The van der Waals surface area contributed by atoms with Crippen LogP contribution in [0, 0.1) is 5.41 Å². The SMILES string of the molecule is COC(=O)c1c(-c2ccn(C)n2)c[nH]c1C(Cl)=NC(=N)c1nccn1C. The standard InChI is InChI=1S/C16H16ClN7O2/c1-23-7-5-19-15(23)14(18)21-13(17)12-11(16(25)26-3)9(8-20-12)10-4-6-24(2)22-10/h4-8,18,20H,1-3H3. The van der Waals surface area contributed by atoms with Gasteiger partial charge in [0.05, 0.1) is 24.1 Å². The first-order chi connectivity index (χ1) is 12.4. The molecule has 0 amide bonds. The molecule has 0 unspecified atom stereocenters. The van der Waals surface area contributed by atoms with E-state index < -0.39 is 5.97 Å². The second kappa shape index (κ2) is 6.96. The second-order valence-electron chi connectivity index (χ2n) is 5.43. The summed E-state index contributed by atoms with van der Waals surface area (Å²) in [5, 5.41) is 12.3. The number of hydrogen-bond donors (Lipinski definition) is 2. The molecule has 3 heterocycles. The van der Waals surface area contributed by atoms with E-state index in [1.54, 1.807) is 54.2 Å². The third kappa shape index (κ3) is 3.16. The van der Waals surface area contributed by atoms with E-state index in [1.165, 1.54) is 7.11 Å². The van der Waals surface area contributed by atoms with E-state index in [2.05, 4.69) is 20.1 Å². The lowest BCUT2D eigenvalue weighted by Crippen LogP contribution is -2.11. The fourth-order valence-electron chi connectivity index (χ4n) is 2.46. The van der Waals surface area contributed by atoms with Crippen LogP contribution in [0.1, 0.15) is 21.9 Å². The number of aryl methyl sites for hydroxylation is 2. The Bertz CT molecular complexity index is 1010. The van der Waals surface area contributed by atoms with Crippen molar-refractivity contribution in [1.29, 1.82) is 5.41 Å². The molecule has 3 aromatic heterocycles. The highest BCUT2D eigenvalue weighted by atomic mass is 35.5. The highest BCUT2D eigenvalue weighted by Crippen LogP contribution is 2.27. The van der Waals surface area contributed by atoms with Crippen LogP contribution in [0.15, 0.2) is 35.8 Å². The van der Waals surface area contributed by atoms with Crippen LogP contribution in [0.5, 0.6) is 0 Å².